The minimum Gasteiger partial charge on any atom is -0.494 e. The molecule has 1 amide bonds. The molecular formula is C17H28N2O2. The van der Waals surface area contributed by atoms with Crippen molar-refractivity contribution >= 4 is 5.91 Å². The molecule has 1 aromatic carbocycles. The van der Waals surface area contributed by atoms with Gasteiger partial charge in [-0.1, -0.05) is 51.2 Å². The number of aryl methyl sites for hydroxylation is 1. The summed E-state index contributed by atoms with van der Waals surface area (Å²) in [6.45, 7) is 3.01. The fraction of sp³-hybridized carbons (Fsp3) is 0.588. The molecule has 0 aromatic heterocycles. The molecule has 0 bridgehead atoms. The average Bonchev–Trinajstić information content (AvgIpc) is 2.52. The van der Waals surface area contributed by atoms with E-state index in [0.29, 0.717) is 12.8 Å². The van der Waals surface area contributed by atoms with Crippen LogP contribution in [0.1, 0.15) is 57.4 Å². The van der Waals surface area contributed by atoms with Gasteiger partial charge in [0.1, 0.15) is 5.75 Å². The van der Waals surface area contributed by atoms with E-state index in [-0.39, 0.29) is 5.91 Å². The summed E-state index contributed by atoms with van der Waals surface area (Å²) in [4.78, 5) is 11.1. The maximum Gasteiger partial charge on any atom is 0.234 e. The molecule has 0 atom stereocenters. The van der Waals surface area contributed by atoms with Crippen molar-refractivity contribution in [2.75, 3.05) is 6.61 Å². The van der Waals surface area contributed by atoms with Crippen molar-refractivity contribution in [2.24, 2.45) is 5.84 Å². The second-order valence-electron chi connectivity index (χ2n) is 5.33. The second-order valence-corrected chi connectivity index (χ2v) is 5.33. The third-order valence-electron chi connectivity index (χ3n) is 3.49. The molecule has 0 aliphatic heterocycles. The first-order chi connectivity index (χ1) is 10.3. The molecular weight excluding hydrogens is 264 g/mol. The minimum atomic E-state index is -0.140. The number of hydrogen-bond acceptors (Lipinski definition) is 3. The topological polar surface area (TPSA) is 64.3 Å². The van der Waals surface area contributed by atoms with E-state index in [1.54, 1.807) is 0 Å². The first-order valence-corrected chi connectivity index (χ1v) is 7.97. The molecule has 4 nitrogen and oxygen atoms in total. The number of carbonyl (C=O) groups is 1. The molecule has 0 aliphatic rings. The molecule has 0 saturated heterocycles. The van der Waals surface area contributed by atoms with Crippen molar-refractivity contribution in [2.45, 2.75) is 58.3 Å². The van der Waals surface area contributed by atoms with E-state index in [4.69, 9.17) is 10.6 Å². The van der Waals surface area contributed by atoms with Crippen LogP contribution in [0, 0.1) is 0 Å². The molecule has 0 unspecified atom stereocenters. The largest absolute Gasteiger partial charge is 0.494 e. The summed E-state index contributed by atoms with van der Waals surface area (Å²) in [5.41, 5.74) is 3.25. The molecule has 0 saturated carbocycles. The highest BCUT2D eigenvalue weighted by Crippen LogP contribution is 2.14. The van der Waals surface area contributed by atoms with Gasteiger partial charge in [0.25, 0.3) is 0 Å². The maximum absolute atomic E-state index is 11.1. The molecule has 0 radical (unpaired) electrons. The van der Waals surface area contributed by atoms with E-state index in [1.165, 1.54) is 32.1 Å². The van der Waals surface area contributed by atoms with Gasteiger partial charge in [0.2, 0.25) is 5.91 Å². The van der Waals surface area contributed by atoms with Crippen LogP contribution in [0.5, 0.6) is 5.75 Å². The van der Waals surface area contributed by atoms with Gasteiger partial charge in [-0.15, -0.1) is 0 Å². The first kappa shape index (κ1) is 17.5. The van der Waals surface area contributed by atoms with Gasteiger partial charge < -0.3 is 4.74 Å². The molecule has 4 heteroatoms. The zero-order valence-electron chi connectivity index (χ0n) is 13.1. The Kier molecular flexibility index (Phi) is 9.29. The number of unbranched alkanes of at least 4 members (excludes halogenated alkanes) is 5. The van der Waals surface area contributed by atoms with E-state index in [9.17, 15) is 4.79 Å². The van der Waals surface area contributed by atoms with Crippen molar-refractivity contribution in [1.82, 2.24) is 5.43 Å². The van der Waals surface area contributed by atoms with Crippen LogP contribution in [0.4, 0.5) is 0 Å². The number of hydrazine groups is 1. The molecule has 3 N–H and O–H groups in total. The molecule has 0 spiro atoms. The molecule has 0 fully saturated rings. The van der Waals surface area contributed by atoms with Crippen molar-refractivity contribution in [3.05, 3.63) is 29.8 Å². The van der Waals surface area contributed by atoms with Crippen LogP contribution in [-0.2, 0) is 11.2 Å². The predicted molar refractivity (Wildman–Crippen MR) is 86.0 cm³/mol. The van der Waals surface area contributed by atoms with Crippen LogP contribution >= 0.6 is 0 Å². The third kappa shape index (κ3) is 8.35. The number of ether oxygens (including phenoxy) is 1. The van der Waals surface area contributed by atoms with Crippen LogP contribution in [0.25, 0.3) is 0 Å². The van der Waals surface area contributed by atoms with Crippen molar-refractivity contribution in [3.63, 3.8) is 0 Å². The summed E-state index contributed by atoms with van der Waals surface area (Å²) in [6, 6.07) is 7.93. The van der Waals surface area contributed by atoms with E-state index >= 15 is 0 Å². The monoisotopic (exact) mass is 292 g/mol. The van der Waals surface area contributed by atoms with Gasteiger partial charge in [-0.25, -0.2) is 5.84 Å². The lowest BCUT2D eigenvalue weighted by Gasteiger charge is -2.07. The van der Waals surface area contributed by atoms with Gasteiger partial charge in [-0.2, -0.15) is 0 Å². The summed E-state index contributed by atoms with van der Waals surface area (Å²) in [6.07, 6.45) is 8.73. The lowest BCUT2D eigenvalue weighted by molar-refractivity contribution is -0.121. The van der Waals surface area contributed by atoms with E-state index in [2.05, 4.69) is 12.3 Å². The zero-order chi connectivity index (χ0) is 15.3. The van der Waals surface area contributed by atoms with Crippen LogP contribution < -0.4 is 16.0 Å². The number of amides is 1. The highest BCUT2D eigenvalue weighted by Gasteiger charge is 2.00. The number of benzene rings is 1. The maximum atomic E-state index is 11.1. The molecule has 1 rings (SSSR count). The second kappa shape index (κ2) is 11.1. The third-order valence-corrected chi connectivity index (χ3v) is 3.49. The van der Waals surface area contributed by atoms with Crippen LogP contribution in [0.15, 0.2) is 24.3 Å². The number of carbonyl (C=O) groups excluding carboxylic acids is 1. The van der Waals surface area contributed by atoms with Crippen molar-refractivity contribution < 1.29 is 9.53 Å². The Morgan fingerprint density at radius 1 is 1.10 bits per heavy atom. The standard InChI is InChI=1S/C17H28N2O2/c1-2-3-4-5-6-7-14-21-16-11-8-15(9-12-16)10-13-17(20)19-18/h8-9,11-12H,2-7,10,13-14,18H2,1H3,(H,19,20). The zero-order valence-corrected chi connectivity index (χ0v) is 13.1. The minimum absolute atomic E-state index is 0.140. The number of rotatable bonds is 11. The Morgan fingerprint density at radius 3 is 2.43 bits per heavy atom. The Bertz CT molecular complexity index is 390. The smallest absolute Gasteiger partial charge is 0.234 e. The Morgan fingerprint density at radius 2 is 1.76 bits per heavy atom. The highest BCUT2D eigenvalue weighted by atomic mass is 16.5. The fourth-order valence-electron chi connectivity index (χ4n) is 2.15. The van der Waals surface area contributed by atoms with Gasteiger partial charge in [-0.3, -0.25) is 10.2 Å². The van der Waals surface area contributed by atoms with Crippen molar-refractivity contribution in [1.29, 1.82) is 0 Å². The SMILES string of the molecule is CCCCCCCCOc1ccc(CCC(=O)NN)cc1. The summed E-state index contributed by atoms with van der Waals surface area (Å²) in [5, 5.41) is 0. The fourth-order valence-corrected chi connectivity index (χ4v) is 2.15. The molecule has 0 heterocycles. The Labute approximate surface area is 128 Å². The molecule has 1 aromatic rings. The van der Waals surface area contributed by atoms with E-state index in [1.807, 2.05) is 24.3 Å². The summed E-state index contributed by atoms with van der Waals surface area (Å²) < 4.78 is 5.72. The van der Waals surface area contributed by atoms with Gasteiger partial charge in [-0.05, 0) is 30.5 Å². The van der Waals surface area contributed by atoms with E-state index in [0.717, 1.165) is 24.3 Å². The van der Waals surface area contributed by atoms with Crippen molar-refractivity contribution in [3.8, 4) is 5.75 Å². The number of nitrogens with two attached hydrogens (primary N) is 1. The Balaban J connectivity index is 2.14. The highest BCUT2D eigenvalue weighted by molar-refractivity contribution is 5.75. The van der Waals surface area contributed by atoms with E-state index < -0.39 is 0 Å². The number of hydrogen-bond donors (Lipinski definition) is 2. The normalized spacial score (nSPS) is 10.4. The summed E-state index contributed by atoms with van der Waals surface area (Å²) >= 11 is 0. The lowest BCUT2D eigenvalue weighted by Crippen LogP contribution is -2.30. The van der Waals surface area contributed by atoms with Crippen LogP contribution in [0.2, 0.25) is 0 Å². The predicted octanol–water partition coefficient (Wildman–Crippen LogP) is 3.35. The summed E-state index contributed by atoms with van der Waals surface area (Å²) in [7, 11) is 0. The summed E-state index contributed by atoms with van der Waals surface area (Å²) in [5.74, 6) is 5.81. The first-order valence-electron chi connectivity index (χ1n) is 7.97. The van der Waals surface area contributed by atoms with Crippen LogP contribution in [-0.4, -0.2) is 12.5 Å². The quantitative estimate of drug-likeness (QED) is 0.284. The molecule has 0 aliphatic carbocycles. The van der Waals surface area contributed by atoms with Gasteiger partial charge >= 0.3 is 0 Å². The lowest BCUT2D eigenvalue weighted by atomic mass is 10.1. The van der Waals surface area contributed by atoms with Gasteiger partial charge in [0.05, 0.1) is 6.61 Å². The Hall–Kier alpha value is -1.55. The molecule has 21 heavy (non-hydrogen) atoms. The van der Waals surface area contributed by atoms with Gasteiger partial charge in [0, 0.05) is 6.42 Å². The number of nitrogens with one attached hydrogen (secondary N) is 1. The average molecular weight is 292 g/mol. The molecule has 118 valence electrons. The van der Waals surface area contributed by atoms with Gasteiger partial charge in [0.15, 0.2) is 0 Å². The van der Waals surface area contributed by atoms with Crippen LogP contribution in [0.3, 0.4) is 0 Å².